The van der Waals surface area contributed by atoms with Crippen molar-refractivity contribution in [3.05, 3.63) is 60.7 Å². The molecule has 0 heterocycles. The lowest BCUT2D eigenvalue weighted by molar-refractivity contribution is -0.138. The van der Waals surface area contributed by atoms with E-state index >= 15 is 0 Å². The molecule has 0 unspecified atom stereocenters. The Morgan fingerprint density at radius 2 is 1.52 bits per heavy atom. The Bertz CT molecular complexity index is 682. The monoisotopic (exact) mass is 354 g/mol. The van der Waals surface area contributed by atoms with Gasteiger partial charge in [0.25, 0.3) is 8.32 Å². The molecule has 0 saturated heterocycles. The van der Waals surface area contributed by atoms with Crippen molar-refractivity contribution in [2.75, 3.05) is 6.61 Å². The summed E-state index contributed by atoms with van der Waals surface area (Å²) in [5.74, 6) is -0.798. The molecule has 0 aliphatic heterocycles. The van der Waals surface area contributed by atoms with E-state index in [4.69, 9.17) is 4.43 Å². The maximum atomic E-state index is 11.2. The van der Waals surface area contributed by atoms with Gasteiger partial charge in [-0.25, -0.2) is 0 Å². The van der Waals surface area contributed by atoms with Crippen molar-refractivity contribution in [2.24, 2.45) is 11.8 Å². The van der Waals surface area contributed by atoms with Gasteiger partial charge in [-0.3, -0.25) is 4.79 Å². The number of hydrogen-bond donors (Lipinski definition) is 1. The second-order valence-electron chi connectivity index (χ2n) is 7.91. The van der Waals surface area contributed by atoms with E-state index in [0.29, 0.717) is 6.61 Å². The normalized spacial score (nSPS) is 20.3. The van der Waals surface area contributed by atoms with Gasteiger partial charge in [0.15, 0.2) is 0 Å². The van der Waals surface area contributed by atoms with E-state index in [0.717, 1.165) is 6.42 Å². The van der Waals surface area contributed by atoms with Gasteiger partial charge in [0.1, 0.15) is 0 Å². The smallest absolute Gasteiger partial charge is 0.306 e. The predicted molar refractivity (Wildman–Crippen MR) is 103 cm³/mol. The summed E-state index contributed by atoms with van der Waals surface area (Å²) in [6.07, 6.45) is 0.730. The van der Waals surface area contributed by atoms with Gasteiger partial charge in [-0.15, -0.1) is 0 Å². The van der Waals surface area contributed by atoms with Crippen molar-refractivity contribution < 1.29 is 14.3 Å². The van der Waals surface area contributed by atoms with Gasteiger partial charge in [0, 0.05) is 6.61 Å². The van der Waals surface area contributed by atoms with Crippen LogP contribution in [0.25, 0.3) is 0 Å². The molecule has 0 radical (unpaired) electrons. The molecule has 2 aromatic rings. The van der Waals surface area contributed by atoms with Crippen LogP contribution in [0.4, 0.5) is 0 Å². The fraction of sp³-hybridized carbons (Fsp3) is 0.381. The molecule has 0 amide bonds. The summed E-state index contributed by atoms with van der Waals surface area (Å²) in [7, 11) is -2.53. The first kappa shape index (κ1) is 17.9. The SMILES string of the molecule is CC(C)(C)[Si](OC[C@H]1C[C@H]1C(=O)O)(c1ccccc1)c1ccccc1. The van der Waals surface area contributed by atoms with Crippen molar-refractivity contribution in [1.82, 2.24) is 0 Å². The lowest BCUT2D eigenvalue weighted by Crippen LogP contribution is -2.66. The summed E-state index contributed by atoms with van der Waals surface area (Å²) in [6.45, 7) is 7.23. The van der Waals surface area contributed by atoms with E-state index in [1.165, 1.54) is 10.4 Å². The number of carbonyl (C=O) groups is 1. The number of rotatable bonds is 6. The molecule has 3 rings (SSSR count). The highest BCUT2D eigenvalue weighted by Crippen LogP contribution is 2.42. The Morgan fingerprint density at radius 1 is 1.04 bits per heavy atom. The molecule has 0 aromatic heterocycles. The number of benzene rings is 2. The molecule has 4 heteroatoms. The number of aliphatic carboxylic acids is 1. The van der Waals surface area contributed by atoms with Gasteiger partial charge in [-0.05, 0) is 27.8 Å². The van der Waals surface area contributed by atoms with Crippen LogP contribution in [-0.4, -0.2) is 26.0 Å². The average Bonchev–Trinajstić information content (AvgIpc) is 3.36. The predicted octanol–water partition coefficient (Wildman–Crippen LogP) is 3.28. The minimum absolute atomic E-state index is 0.0662. The van der Waals surface area contributed by atoms with Gasteiger partial charge in [0.2, 0.25) is 0 Å². The summed E-state index contributed by atoms with van der Waals surface area (Å²) in [5.41, 5.74) is 0. The third kappa shape index (κ3) is 3.41. The van der Waals surface area contributed by atoms with Crippen LogP contribution in [0, 0.1) is 11.8 Å². The molecule has 2 atom stereocenters. The van der Waals surface area contributed by atoms with Crippen molar-refractivity contribution in [3.63, 3.8) is 0 Å². The lowest BCUT2D eigenvalue weighted by atomic mass is 10.2. The molecule has 132 valence electrons. The first-order valence-electron chi connectivity index (χ1n) is 8.84. The fourth-order valence-corrected chi connectivity index (χ4v) is 8.35. The van der Waals surface area contributed by atoms with Crippen LogP contribution in [0.5, 0.6) is 0 Å². The quantitative estimate of drug-likeness (QED) is 0.810. The number of carboxylic acids is 1. The summed E-state index contributed by atoms with van der Waals surface area (Å²) in [5, 5.41) is 11.6. The van der Waals surface area contributed by atoms with Crippen LogP contribution >= 0.6 is 0 Å². The topological polar surface area (TPSA) is 46.5 Å². The Kier molecular flexibility index (Phi) is 4.85. The molecule has 2 aromatic carbocycles. The van der Waals surface area contributed by atoms with Crippen molar-refractivity contribution in [2.45, 2.75) is 32.2 Å². The second-order valence-corrected chi connectivity index (χ2v) is 12.2. The lowest BCUT2D eigenvalue weighted by Gasteiger charge is -2.43. The van der Waals surface area contributed by atoms with Gasteiger partial charge < -0.3 is 9.53 Å². The first-order valence-corrected chi connectivity index (χ1v) is 10.7. The highest BCUT2D eigenvalue weighted by atomic mass is 28.4. The van der Waals surface area contributed by atoms with Gasteiger partial charge >= 0.3 is 5.97 Å². The number of carboxylic acid groups (broad SMARTS) is 1. The minimum atomic E-state index is -2.53. The molecular formula is C21H26O3Si. The molecule has 3 nitrogen and oxygen atoms in total. The van der Waals surface area contributed by atoms with E-state index in [1.807, 2.05) is 12.1 Å². The zero-order valence-electron chi connectivity index (χ0n) is 15.1. The zero-order chi connectivity index (χ0) is 18.1. The zero-order valence-corrected chi connectivity index (χ0v) is 16.1. The molecule has 25 heavy (non-hydrogen) atoms. The molecule has 0 spiro atoms. The highest BCUT2D eigenvalue weighted by molar-refractivity contribution is 6.99. The fourth-order valence-electron chi connectivity index (χ4n) is 3.73. The maximum absolute atomic E-state index is 11.2. The van der Waals surface area contributed by atoms with Crippen molar-refractivity contribution in [1.29, 1.82) is 0 Å². The molecule has 1 aliphatic rings. The van der Waals surface area contributed by atoms with Crippen LogP contribution in [-0.2, 0) is 9.22 Å². The van der Waals surface area contributed by atoms with Crippen LogP contribution < -0.4 is 10.4 Å². The largest absolute Gasteiger partial charge is 0.481 e. The highest BCUT2D eigenvalue weighted by Gasteiger charge is 2.52. The van der Waals surface area contributed by atoms with Crippen molar-refractivity contribution in [3.8, 4) is 0 Å². The molecular weight excluding hydrogens is 328 g/mol. The average molecular weight is 355 g/mol. The van der Waals surface area contributed by atoms with E-state index < -0.39 is 14.3 Å². The Hall–Kier alpha value is -1.91. The minimum Gasteiger partial charge on any atom is -0.481 e. The summed E-state index contributed by atoms with van der Waals surface area (Å²) < 4.78 is 6.75. The summed E-state index contributed by atoms with van der Waals surface area (Å²) in [4.78, 5) is 11.2. The van der Waals surface area contributed by atoms with Crippen LogP contribution in [0.1, 0.15) is 27.2 Å². The Labute approximate surface area is 150 Å². The third-order valence-electron chi connectivity index (χ3n) is 5.17. The molecule has 1 fully saturated rings. The molecule has 1 saturated carbocycles. The molecule has 1 N–H and O–H groups in total. The third-order valence-corrected chi connectivity index (χ3v) is 10.2. The number of hydrogen-bond acceptors (Lipinski definition) is 2. The van der Waals surface area contributed by atoms with Gasteiger partial charge in [-0.1, -0.05) is 81.4 Å². The Morgan fingerprint density at radius 3 is 1.88 bits per heavy atom. The molecule has 0 bridgehead atoms. The standard InChI is InChI=1S/C21H26O3Si/c1-21(2,3)25(17-10-6-4-7-11-17,18-12-8-5-9-13-18)24-15-16-14-19(16)20(22)23/h4-13,16,19H,14-15H2,1-3H3,(H,22,23)/t16-,19-/m1/s1. The van der Waals surface area contributed by atoms with Crippen LogP contribution in [0.3, 0.4) is 0 Å². The molecule has 1 aliphatic carbocycles. The van der Waals surface area contributed by atoms with Crippen LogP contribution in [0.15, 0.2) is 60.7 Å². The van der Waals surface area contributed by atoms with Gasteiger partial charge in [0.05, 0.1) is 5.92 Å². The Balaban J connectivity index is 2.02. The second kappa shape index (κ2) is 6.77. The van der Waals surface area contributed by atoms with Crippen molar-refractivity contribution >= 4 is 24.7 Å². The van der Waals surface area contributed by atoms with Gasteiger partial charge in [-0.2, -0.15) is 0 Å². The summed E-state index contributed by atoms with van der Waals surface area (Å²) in [6, 6.07) is 20.9. The van der Waals surface area contributed by atoms with E-state index in [-0.39, 0.29) is 16.9 Å². The first-order chi connectivity index (χ1) is 11.9. The van der Waals surface area contributed by atoms with Crippen LogP contribution in [0.2, 0.25) is 5.04 Å². The maximum Gasteiger partial charge on any atom is 0.306 e. The van der Waals surface area contributed by atoms with E-state index in [1.54, 1.807) is 0 Å². The van der Waals surface area contributed by atoms with E-state index in [2.05, 4.69) is 69.3 Å². The summed E-state index contributed by atoms with van der Waals surface area (Å²) >= 11 is 0. The van der Waals surface area contributed by atoms with E-state index in [9.17, 15) is 9.90 Å².